The fourth-order valence-electron chi connectivity index (χ4n) is 2.63. The number of carbonyl (C=O) groups is 3. The van der Waals surface area contributed by atoms with Gasteiger partial charge in [0.05, 0.1) is 11.3 Å². The fraction of sp³-hybridized carbons (Fsp3) is 0.0870. The van der Waals surface area contributed by atoms with Gasteiger partial charge in [0.25, 0.3) is 0 Å². The van der Waals surface area contributed by atoms with Gasteiger partial charge in [-0.1, -0.05) is 66.7 Å². The van der Waals surface area contributed by atoms with Crippen molar-refractivity contribution in [2.45, 2.75) is 13.2 Å². The lowest BCUT2D eigenvalue weighted by Crippen LogP contribution is -2.38. The zero-order chi connectivity index (χ0) is 21.3. The van der Waals surface area contributed by atoms with Gasteiger partial charge in [-0.05, 0) is 29.3 Å². The van der Waals surface area contributed by atoms with Crippen LogP contribution in [0.1, 0.15) is 21.5 Å². The Labute approximate surface area is 173 Å². The second kappa shape index (κ2) is 9.88. The molecule has 30 heavy (non-hydrogen) atoms. The molecular weight excluding hydrogens is 386 g/mol. The third kappa shape index (κ3) is 5.45. The number of ether oxygens (including phenoxy) is 2. The minimum Gasteiger partial charge on any atom is -0.478 e. The first-order chi connectivity index (χ1) is 14.5. The number of carboxylic acid groups (broad SMARTS) is 1. The molecule has 7 nitrogen and oxygen atoms in total. The van der Waals surface area contributed by atoms with Crippen LogP contribution in [0.4, 0.5) is 15.3 Å². The van der Waals surface area contributed by atoms with E-state index < -0.39 is 18.2 Å². The van der Waals surface area contributed by atoms with Crippen molar-refractivity contribution in [3.05, 3.63) is 102 Å². The van der Waals surface area contributed by atoms with Gasteiger partial charge in [0, 0.05) is 0 Å². The highest BCUT2D eigenvalue weighted by atomic mass is 16.6. The zero-order valence-electron chi connectivity index (χ0n) is 15.9. The fourth-order valence-corrected chi connectivity index (χ4v) is 2.63. The maximum Gasteiger partial charge on any atom is 0.424 e. The van der Waals surface area contributed by atoms with Gasteiger partial charge in [-0.15, -0.1) is 0 Å². The van der Waals surface area contributed by atoms with Crippen LogP contribution in [0.2, 0.25) is 0 Å². The Morgan fingerprint density at radius 2 is 1.20 bits per heavy atom. The SMILES string of the molecule is O=C(O)c1cccc(N(C(=O)OCc2ccccc2)C(=O)OCc2ccccc2)c1. The number of hydrogen-bond acceptors (Lipinski definition) is 5. The number of hydrogen-bond donors (Lipinski definition) is 1. The van der Waals surface area contributed by atoms with Crippen molar-refractivity contribution >= 4 is 23.8 Å². The Morgan fingerprint density at radius 3 is 1.67 bits per heavy atom. The minimum absolute atomic E-state index is 0.0334. The lowest BCUT2D eigenvalue weighted by atomic mass is 10.2. The molecule has 0 atom stereocenters. The van der Waals surface area contributed by atoms with E-state index in [0.29, 0.717) is 4.90 Å². The summed E-state index contributed by atoms with van der Waals surface area (Å²) in [6, 6.07) is 23.4. The Morgan fingerprint density at radius 1 is 0.700 bits per heavy atom. The summed E-state index contributed by atoms with van der Waals surface area (Å²) in [6.45, 7) is -0.110. The summed E-state index contributed by atoms with van der Waals surface area (Å²) in [5.74, 6) is -1.19. The molecule has 0 fully saturated rings. The molecule has 2 amide bonds. The van der Waals surface area contributed by atoms with E-state index in [1.165, 1.54) is 24.3 Å². The highest BCUT2D eigenvalue weighted by Gasteiger charge is 2.27. The van der Waals surface area contributed by atoms with Gasteiger partial charge < -0.3 is 14.6 Å². The molecule has 0 unspecified atom stereocenters. The van der Waals surface area contributed by atoms with Crippen LogP contribution in [0, 0.1) is 0 Å². The third-order valence-corrected chi connectivity index (χ3v) is 4.13. The molecule has 7 heteroatoms. The molecule has 0 aliphatic carbocycles. The van der Waals surface area contributed by atoms with Gasteiger partial charge >= 0.3 is 18.2 Å². The summed E-state index contributed by atoms with van der Waals surface area (Å²) in [5, 5.41) is 9.22. The molecule has 0 radical (unpaired) electrons. The first-order valence-corrected chi connectivity index (χ1v) is 9.09. The number of amides is 2. The van der Waals surface area contributed by atoms with Crippen LogP contribution in [-0.4, -0.2) is 23.3 Å². The van der Waals surface area contributed by atoms with Crippen molar-refractivity contribution < 1.29 is 29.0 Å². The molecule has 3 aromatic carbocycles. The number of nitrogens with zero attached hydrogens (tertiary/aromatic N) is 1. The summed E-state index contributed by atoms with van der Waals surface area (Å²) in [6.07, 6.45) is -1.95. The van der Waals surface area contributed by atoms with Crippen LogP contribution in [0.3, 0.4) is 0 Å². The monoisotopic (exact) mass is 405 g/mol. The second-order valence-electron chi connectivity index (χ2n) is 6.27. The average Bonchev–Trinajstić information content (AvgIpc) is 2.78. The molecular formula is C23H19NO6. The predicted molar refractivity (Wildman–Crippen MR) is 109 cm³/mol. The number of aromatic carboxylic acids is 1. The van der Waals surface area contributed by atoms with Crippen molar-refractivity contribution in [1.29, 1.82) is 0 Å². The molecule has 1 N–H and O–H groups in total. The van der Waals surface area contributed by atoms with Gasteiger partial charge in [0.1, 0.15) is 13.2 Å². The first-order valence-electron chi connectivity index (χ1n) is 9.09. The van der Waals surface area contributed by atoms with E-state index in [1.807, 2.05) is 12.1 Å². The lowest BCUT2D eigenvalue weighted by molar-refractivity contribution is 0.0696. The van der Waals surface area contributed by atoms with E-state index in [2.05, 4.69) is 0 Å². The topological polar surface area (TPSA) is 93.1 Å². The Balaban J connectivity index is 1.80. The number of carboxylic acids is 1. The molecule has 0 saturated carbocycles. The molecule has 0 saturated heterocycles. The summed E-state index contributed by atoms with van der Waals surface area (Å²) < 4.78 is 10.5. The van der Waals surface area contributed by atoms with Crippen LogP contribution < -0.4 is 4.90 Å². The molecule has 0 aromatic heterocycles. The van der Waals surface area contributed by atoms with Gasteiger partial charge in [-0.2, -0.15) is 4.90 Å². The number of carbonyl (C=O) groups excluding carboxylic acids is 2. The van der Waals surface area contributed by atoms with Crippen molar-refractivity contribution in [1.82, 2.24) is 0 Å². The highest BCUT2D eigenvalue weighted by Crippen LogP contribution is 2.20. The second-order valence-corrected chi connectivity index (χ2v) is 6.27. The van der Waals surface area contributed by atoms with Crippen molar-refractivity contribution in [2.24, 2.45) is 0 Å². The molecule has 0 bridgehead atoms. The first kappa shape index (κ1) is 20.6. The molecule has 3 rings (SSSR count). The quantitative estimate of drug-likeness (QED) is 0.629. The van der Waals surface area contributed by atoms with E-state index in [9.17, 15) is 19.5 Å². The molecule has 3 aromatic rings. The Hall–Kier alpha value is -4.13. The summed E-state index contributed by atoms with van der Waals surface area (Å²) in [7, 11) is 0. The van der Waals surface area contributed by atoms with E-state index >= 15 is 0 Å². The van der Waals surface area contributed by atoms with Crippen LogP contribution in [-0.2, 0) is 22.7 Å². The van der Waals surface area contributed by atoms with E-state index in [0.717, 1.165) is 11.1 Å². The summed E-state index contributed by atoms with van der Waals surface area (Å²) in [5.41, 5.74) is 1.43. The number of benzene rings is 3. The zero-order valence-corrected chi connectivity index (χ0v) is 15.9. The molecule has 0 spiro atoms. The minimum atomic E-state index is -1.19. The normalized spacial score (nSPS) is 10.1. The number of anilines is 1. The maximum absolute atomic E-state index is 12.7. The van der Waals surface area contributed by atoms with E-state index in [4.69, 9.17) is 9.47 Å². The van der Waals surface area contributed by atoms with Crippen molar-refractivity contribution in [2.75, 3.05) is 4.90 Å². The summed E-state index contributed by atoms with van der Waals surface area (Å²) in [4.78, 5) is 37.4. The third-order valence-electron chi connectivity index (χ3n) is 4.13. The molecule has 0 aliphatic heterocycles. The van der Waals surface area contributed by atoms with Crippen molar-refractivity contribution in [3.8, 4) is 0 Å². The van der Waals surface area contributed by atoms with E-state index in [-0.39, 0.29) is 24.5 Å². The summed E-state index contributed by atoms with van der Waals surface area (Å²) >= 11 is 0. The van der Waals surface area contributed by atoms with Gasteiger partial charge in [-0.25, -0.2) is 14.4 Å². The van der Waals surface area contributed by atoms with Crippen LogP contribution >= 0.6 is 0 Å². The van der Waals surface area contributed by atoms with E-state index in [1.54, 1.807) is 48.5 Å². The standard InChI is InChI=1S/C23H19NO6/c25-21(26)19-12-7-13-20(14-19)24(22(27)29-15-17-8-3-1-4-9-17)23(28)30-16-18-10-5-2-6-11-18/h1-14H,15-16H2,(H,25,26). The van der Waals surface area contributed by atoms with Crippen LogP contribution in [0.5, 0.6) is 0 Å². The highest BCUT2D eigenvalue weighted by molar-refractivity contribution is 6.09. The molecule has 152 valence electrons. The smallest absolute Gasteiger partial charge is 0.424 e. The lowest BCUT2D eigenvalue weighted by Gasteiger charge is -2.20. The van der Waals surface area contributed by atoms with Gasteiger partial charge in [0.15, 0.2) is 0 Å². The van der Waals surface area contributed by atoms with Crippen LogP contribution in [0.15, 0.2) is 84.9 Å². The van der Waals surface area contributed by atoms with Crippen LogP contribution in [0.25, 0.3) is 0 Å². The number of imide groups is 1. The largest absolute Gasteiger partial charge is 0.478 e. The Kier molecular flexibility index (Phi) is 6.78. The van der Waals surface area contributed by atoms with Crippen molar-refractivity contribution in [3.63, 3.8) is 0 Å². The Bertz CT molecular complexity index is 965. The number of rotatable bonds is 6. The molecule has 0 aliphatic rings. The van der Waals surface area contributed by atoms with Gasteiger partial charge in [0.2, 0.25) is 0 Å². The average molecular weight is 405 g/mol. The van der Waals surface area contributed by atoms with Gasteiger partial charge in [-0.3, -0.25) is 0 Å². The molecule has 0 heterocycles. The maximum atomic E-state index is 12.7. The predicted octanol–water partition coefficient (Wildman–Crippen LogP) is 4.86.